The molecule has 0 aromatic heterocycles. The van der Waals surface area contributed by atoms with Crippen molar-refractivity contribution in [2.75, 3.05) is 11.4 Å². The molecular weight excluding hydrogens is 208 g/mol. The molecule has 1 fully saturated rings. The van der Waals surface area contributed by atoms with Crippen molar-refractivity contribution < 1.29 is 0 Å². The van der Waals surface area contributed by atoms with Crippen LogP contribution in [0.2, 0.25) is 0 Å². The van der Waals surface area contributed by atoms with Crippen molar-refractivity contribution in [3.05, 3.63) is 29.8 Å². The highest BCUT2D eigenvalue weighted by molar-refractivity contribution is 5.56. The predicted molar refractivity (Wildman–Crippen MR) is 74.3 cm³/mol. The fraction of sp³-hybridized carbons (Fsp3) is 0.600. The van der Waals surface area contributed by atoms with Gasteiger partial charge in [-0.1, -0.05) is 25.1 Å². The molecule has 0 aliphatic carbocycles. The number of hydrogen-bond acceptors (Lipinski definition) is 2. The molecule has 2 nitrogen and oxygen atoms in total. The fourth-order valence-electron chi connectivity index (χ4n) is 2.74. The first kappa shape index (κ1) is 12.4. The lowest BCUT2D eigenvalue weighted by Gasteiger charge is -2.37. The number of nitrogens with two attached hydrogens (primary N) is 1. The number of hydrogen-bond donors (Lipinski definition) is 1. The van der Waals surface area contributed by atoms with Gasteiger partial charge in [0.2, 0.25) is 0 Å². The molecule has 1 saturated heterocycles. The van der Waals surface area contributed by atoms with Gasteiger partial charge in [-0.2, -0.15) is 0 Å². The van der Waals surface area contributed by atoms with Gasteiger partial charge in [-0.25, -0.2) is 0 Å². The Labute approximate surface area is 105 Å². The zero-order valence-electron chi connectivity index (χ0n) is 11.0. The van der Waals surface area contributed by atoms with Gasteiger partial charge in [0, 0.05) is 24.3 Å². The van der Waals surface area contributed by atoms with E-state index in [1.165, 1.54) is 37.1 Å². The highest BCUT2D eigenvalue weighted by Gasteiger charge is 2.21. The summed E-state index contributed by atoms with van der Waals surface area (Å²) < 4.78 is 0. The van der Waals surface area contributed by atoms with Crippen LogP contribution < -0.4 is 10.6 Å². The number of benzene rings is 1. The van der Waals surface area contributed by atoms with Gasteiger partial charge in [-0.15, -0.1) is 0 Å². The van der Waals surface area contributed by atoms with Gasteiger partial charge in [-0.3, -0.25) is 0 Å². The fourth-order valence-corrected chi connectivity index (χ4v) is 2.74. The van der Waals surface area contributed by atoms with Gasteiger partial charge in [0.1, 0.15) is 0 Å². The third-order valence-corrected chi connectivity index (χ3v) is 3.89. The third kappa shape index (κ3) is 2.63. The lowest BCUT2D eigenvalue weighted by Crippen LogP contribution is -2.38. The van der Waals surface area contributed by atoms with E-state index in [0.29, 0.717) is 6.04 Å². The third-order valence-electron chi connectivity index (χ3n) is 3.89. The van der Waals surface area contributed by atoms with Crippen molar-refractivity contribution >= 4 is 5.69 Å². The molecule has 0 amide bonds. The topological polar surface area (TPSA) is 29.3 Å². The van der Waals surface area contributed by atoms with E-state index in [-0.39, 0.29) is 6.04 Å². The second kappa shape index (κ2) is 5.54. The van der Waals surface area contributed by atoms with E-state index >= 15 is 0 Å². The summed E-state index contributed by atoms with van der Waals surface area (Å²) in [4.78, 5) is 2.54. The van der Waals surface area contributed by atoms with Crippen LogP contribution in [0.15, 0.2) is 24.3 Å². The molecule has 0 saturated carbocycles. The first-order valence-electron chi connectivity index (χ1n) is 6.85. The second-order valence-corrected chi connectivity index (χ2v) is 5.11. The van der Waals surface area contributed by atoms with Gasteiger partial charge in [0.25, 0.3) is 0 Å². The van der Waals surface area contributed by atoms with E-state index in [1.54, 1.807) is 0 Å². The van der Waals surface area contributed by atoms with Crippen molar-refractivity contribution in [1.82, 2.24) is 0 Å². The molecule has 1 aromatic carbocycles. The molecule has 2 rings (SSSR count). The Bertz CT molecular complexity index is 362. The van der Waals surface area contributed by atoms with E-state index in [1.807, 2.05) is 0 Å². The van der Waals surface area contributed by atoms with Gasteiger partial charge in [-0.05, 0) is 44.2 Å². The first-order chi connectivity index (χ1) is 8.24. The SMILES string of the molecule is CCC(N)c1ccccc1N1CCCCC1C. The van der Waals surface area contributed by atoms with Crippen LogP contribution in [0.5, 0.6) is 0 Å². The molecule has 2 N–H and O–H groups in total. The molecule has 0 spiro atoms. The minimum Gasteiger partial charge on any atom is -0.369 e. The van der Waals surface area contributed by atoms with Crippen molar-refractivity contribution in [3.8, 4) is 0 Å². The summed E-state index contributed by atoms with van der Waals surface area (Å²) in [6.07, 6.45) is 4.97. The maximum absolute atomic E-state index is 6.22. The normalized spacial score (nSPS) is 22.5. The van der Waals surface area contributed by atoms with Crippen LogP contribution in [0.1, 0.15) is 51.1 Å². The zero-order valence-corrected chi connectivity index (χ0v) is 11.0. The summed E-state index contributed by atoms with van der Waals surface area (Å²) in [5.41, 5.74) is 8.89. The molecule has 1 aliphatic rings. The Morgan fingerprint density at radius 2 is 2.12 bits per heavy atom. The quantitative estimate of drug-likeness (QED) is 0.864. The number of rotatable bonds is 3. The Morgan fingerprint density at radius 1 is 1.35 bits per heavy atom. The molecule has 2 unspecified atom stereocenters. The second-order valence-electron chi connectivity index (χ2n) is 5.11. The summed E-state index contributed by atoms with van der Waals surface area (Å²) in [6.45, 7) is 5.66. The minimum absolute atomic E-state index is 0.167. The summed E-state index contributed by atoms with van der Waals surface area (Å²) in [5.74, 6) is 0. The predicted octanol–water partition coefficient (Wildman–Crippen LogP) is 3.48. The molecule has 17 heavy (non-hydrogen) atoms. The summed E-state index contributed by atoms with van der Waals surface area (Å²) in [6, 6.07) is 9.46. The average molecular weight is 232 g/mol. The van der Waals surface area contributed by atoms with Crippen LogP contribution in [-0.4, -0.2) is 12.6 Å². The van der Waals surface area contributed by atoms with Crippen LogP contribution in [0.3, 0.4) is 0 Å². The van der Waals surface area contributed by atoms with Gasteiger partial charge < -0.3 is 10.6 Å². The molecule has 94 valence electrons. The van der Waals surface area contributed by atoms with Crippen LogP contribution in [-0.2, 0) is 0 Å². The van der Waals surface area contributed by atoms with Crippen molar-refractivity contribution in [3.63, 3.8) is 0 Å². The molecule has 0 radical (unpaired) electrons. The number of piperidine rings is 1. The van der Waals surface area contributed by atoms with Gasteiger partial charge in [0.15, 0.2) is 0 Å². The molecule has 2 atom stereocenters. The Kier molecular flexibility index (Phi) is 4.06. The highest BCUT2D eigenvalue weighted by Crippen LogP contribution is 2.31. The van der Waals surface area contributed by atoms with Crippen LogP contribution >= 0.6 is 0 Å². The van der Waals surface area contributed by atoms with E-state index in [2.05, 4.69) is 43.0 Å². The minimum atomic E-state index is 0.167. The van der Waals surface area contributed by atoms with E-state index in [9.17, 15) is 0 Å². The molecule has 1 aliphatic heterocycles. The molecule has 2 heteroatoms. The first-order valence-corrected chi connectivity index (χ1v) is 6.85. The molecule has 1 heterocycles. The lowest BCUT2D eigenvalue weighted by atomic mass is 9.98. The van der Waals surface area contributed by atoms with E-state index < -0.39 is 0 Å². The summed E-state index contributed by atoms with van der Waals surface area (Å²) in [5, 5.41) is 0. The maximum Gasteiger partial charge on any atom is 0.0417 e. The maximum atomic E-state index is 6.22. The zero-order chi connectivity index (χ0) is 12.3. The van der Waals surface area contributed by atoms with Crippen LogP contribution in [0.25, 0.3) is 0 Å². The molecule has 1 aromatic rings. The summed E-state index contributed by atoms with van der Waals surface area (Å²) >= 11 is 0. The monoisotopic (exact) mass is 232 g/mol. The van der Waals surface area contributed by atoms with Crippen molar-refractivity contribution in [2.24, 2.45) is 5.73 Å². The van der Waals surface area contributed by atoms with Gasteiger partial charge >= 0.3 is 0 Å². The van der Waals surface area contributed by atoms with Crippen LogP contribution in [0, 0.1) is 0 Å². The largest absolute Gasteiger partial charge is 0.369 e. The van der Waals surface area contributed by atoms with Gasteiger partial charge in [0.05, 0.1) is 0 Å². The number of para-hydroxylation sites is 1. The van der Waals surface area contributed by atoms with E-state index in [4.69, 9.17) is 5.73 Å². The summed E-state index contributed by atoms with van der Waals surface area (Å²) in [7, 11) is 0. The smallest absolute Gasteiger partial charge is 0.0417 e. The van der Waals surface area contributed by atoms with Crippen molar-refractivity contribution in [1.29, 1.82) is 0 Å². The Balaban J connectivity index is 2.30. The number of nitrogens with zero attached hydrogens (tertiary/aromatic N) is 1. The Hall–Kier alpha value is -1.02. The van der Waals surface area contributed by atoms with E-state index in [0.717, 1.165) is 6.42 Å². The molecule has 0 bridgehead atoms. The lowest BCUT2D eigenvalue weighted by molar-refractivity contribution is 0.482. The Morgan fingerprint density at radius 3 is 2.82 bits per heavy atom. The highest BCUT2D eigenvalue weighted by atomic mass is 15.2. The standard InChI is InChI=1S/C15H24N2/c1-3-14(16)13-9-4-5-10-15(13)17-11-7-6-8-12(17)2/h4-5,9-10,12,14H,3,6-8,11,16H2,1-2H3. The number of anilines is 1. The average Bonchev–Trinajstić information content (AvgIpc) is 2.38. The van der Waals surface area contributed by atoms with Crippen LogP contribution in [0.4, 0.5) is 5.69 Å². The van der Waals surface area contributed by atoms with Crippen molar-refractivity contribution in [2.45, 2.75) is 51.6 Å². The molecular formula is C15H24N2.